The predicted octanol–water partition coefficient (Wildman–Crippen LogP) is 1.39. The van der Waals surface area contributed by atoms with E-state index in [0.29, 0.717) is 17.5 Å². The van der Waals surface area contributed by atoms with E-state index in [1.807, 2.05) is 38.9 Å². The van der Waals surface area contributed by atoms with Crippen molar-refractivity contribution in [3.05, 3.63) is 45.4 Å². The lowest BCUT2D eigenvalue weighted by Crippen LogP contribution is -2.63. The Hall–Kier alpha value is -3.37. The fourth-order valence-electron chi connectivity index (χ4n) is 6.35. The second-order valence-electron chi connectivity index (χ2n) is 11.2. The SMILES string of the molecule is CC(C)Cc1cc(N(C)C)c2c(c1O)C(=O)C1=C(O)[C@]3(O)C(=O)C(C(N)=O)=C(O)[C@@H](N(C)C)[C@@H]3C[C@@H]1C2. The quantitative estimate of drug-likeness (QED) is 0.366. The second kappa shape index (κ2) is 8.88. The number of allylic oxidation sites excluding steroid dienone is 1. The van der Waals surface area contributed by atoms with Crippen LogP contribution in [0.1, 0.15) is 41.8 Å². The van der Waals surface area contributed by atoms with Gasteiger partial charge in [0.25, 0.3) is 5.91 Å². The van der Waals surface area contributed by atoms with Crippen molar-refractivity contribution in [1.29, 1.82) is 0 Å². The molecule has 200 valence electrons. The largest absolute Gasteiger partial charge is 0.510 e. The van der Waals surface area contributed by atoms with Crippen LogP contribution in [-0.4, -0.2) is 82.6 Å². The van der Waals surface area contributed by atoms with Gasteiger partial charge in [-0.1, -0.05) is 13.8 Å². The van der Waals surface area contributed by atoms with E-state index in [4.69, 9.17) is 5.73 Å². The number of anilines is 1. The van der Waals surface area contributed by atoms with Crippen molar-refractivity contribution in [3.8, 4) is 5.75 Å². The fraction of sp³-hybridized carbons (Fsp3) is 0.519. The van der Waals surface area contributed by atoms with Gasteiger partial charge in [0.15, 0.2) is 11.4 Å². The highest BCUT2D eigenvalue weighted by atomic mass is 16.3. The Morgan fingerprint density at radius 1 is 1.16 bits per heavy atom. The average molecular weight is 514 g/mol. The number of fused-ring (bicyclic) bond motifs is 3. The van der Waals surface area contributed by atoms with Gasteiger partial charge in [0, 0.05) is 31.3 Å². The van der Waals surface area contributed by atoms with Crippen LogP contribution in [0.25, 0.3) is 0 Å². The second-order valence-corrected chi connectivity index (χ2v) is 11.2. The standard InChI is InChI=1S/C27H35N3O7/c1-11(2)7-13-10-16(29(3)4)14-8-12-9-15-20(30(5)6)23(33)19(26(28)36)25(35)27(15,37)24(34)17(12)22(32)18(14)21(13)31/h10-12,15,20,31,33-34,37H,7-9H2,1-6H3,(H2,28,36)/t12-,15-,20-,27-/m0/s1. The lowest BCUT2D eigenvalue weighted by Gasteiger charge is -2.50. The van der Waals surface area contributed by atoms with Gasteiger partial charge in [0.1, 0.15) is 22.8 Å². The molecule has 37 heavy (non-hydrogen) atoms. The first-order chi connectivity index (χ1) is 17.1. The number of phenolic OH excluding ortho intramolecular Hbond substituents is 1. The Kier molecular flexibility index (Phi) is 6.41. The molecule has 0 aromatic heterocycles. The van der Waals surface area contributed by atoms with Crippen molar-refractivity contribution in [1.82, 2.24) is 4.90 Å². The minimum absolute atomic E-state index is 0.0441. The molecule has 10 nitrogen and oxygen atoms in total. The number of aromatic hydroxyl groups is 1. The molecule has 1 aromatic rings. The van der Waals surface area contributed by atoms with Crippen LogP contribution < -0.4 is 10.6 Å². The number of nitrogens with two attached hydrogens (primary N) is 1. The first-order valence-electron chi connectivity index (χ1n) is 12.3. The van der Waals surface area contributed by atoms with Crippen molar-refractivity contribution in [2.45, 2.75) is 44.8 Å². The van der Waals surface area contributed by atoms with Crippen LogP contribution in [-0.2, 0) is 22.4 Å². The number of nitrogens with zero attached hydrogens (tertiary/aromatic N) is 2. The van der Waals surface area contributed by atoms with E-state index in [-0.39, 0.29) is 35.6 Å². The Labute approximate surface area is 215 Å². The van der Waals surface area contributed by atoms with E-state index in [9.17, 15) is 34.8 Å². The smallest absolute Gasteiger partial charge is 0.255 e. The molecular weight excluding hydrogens is 478 g/mol. The van der Waals surface area contributed by atoms with E-state index in [1.165, 1.54) is 4.90 Å². The number of aliphatic hydroxyl groups is 3. The molecule has 3 aliphatic carbocycles. The molecule has 0 fully saturated rings. The maximum Gasteiger partial charge on any atom is 0.255 e. The number of likely N-dealkylation sites (N-methyl/N-ethyl adjacent to an activating group) is 1. The topological polar surface area (TPSA) is 165 Å². The molecule has 6 N–H and O–H groups in total. The first kappa shape index (κ1) is 26.7. The number of ketones is 2. The van der Waals surface area contributed by atoms with Gasteiger partial charge in [-0.15, -0.1) is 0 Å². The number of phenols is 1. The van der Waals surface area contributed by atoms with Gasteiger partial charge in [-0.25, -0.2) is 0 Å². The van der Waals surface area contributed by atoms with E-state index < -0.39 is 58.0 Å². The van der Waals surface area contributed by atoms with Crippen LogP contribution in [0, 0.1) is 17.8 Å². The summed E-state index contributed by atoms with van der Waals surface area (Å²) in [5.74, 6) is -6.21. The highest BCUT2D eigenvalue weighted by Crippen LogP contribution is 2.53. The van der Waals surface area contributed by atoms with E-state index in [0.717, 1.165) is 5.69 Å². The number of Topliss-reactive ketones (excluding diaryl/α,β-unsaturated/α-hetero) is 2. The van der Waals surface area contributed by atoms with Gasteiger partial charge in [0.2, 0.25) is 5.78 Å². The Bertz CT molecular complexity index is 1280. The summed E-state index contributed by atoms with van der Waals surface area (Å²) in [5.41, 5.74) is 3.78. The number of carbonyl (C=O) groups excluding carboxylic acids is 3. The molecule has 10 heteroatoms. The third kappa shape index (κ3) is 3.73. The molecule has 3 aliphatic rings. The van der Waals surface area contributed by atoms with Crippen molar-refractivity contribution < 1.29 is 34.8 Å². The van der Waals surface area contributed by atoms with Crippen LogP contribution >= 0.6 is 0 Å². The maximum atomic E-state index is 13.9. The molecule has 1 aromatic carbocycles. The van der Waals surface area contributed by atoms with Crippen LogP contribution in [0.2, 0.25) is 0 Å². The van der Waals surface area contributed by atoms with Crippen LogP contribution in [0.5, 0.6) is 5.75 Å². The predicted molar refractivity (Wildman–Crippen MR) is 137 cm³/mol. The monoisotopic (exact) mass is 513 g/mol. The molecule has 0 spiro atoms. The van der Waals surface area contributed by atoms with Crippen LogP contribution in [0.3, 0.4) is 0 Å². The minimum Gasteiger partial charge on any atom is -0.510 e. The van der Waals surface area contributed by atoms with Gasteiger partial charge in [-0.2, -0.15) is 0 Å². The average Bonchev–Trinajstić information content (AvgIpc) is 2.77. The van der Waals surface area contributed by atoms with Crippen LogP contribution in [0.4, 0.5) is 5.69 Å². The molecule has 0 heterocycles. The van der Waals surface area contributed by atoms with Crippen molar-refractivity contribution >= 4 is 23.2 Å². The summed E-state index contributed by atoms with van der Waals surface area (Å²) >= 11 is 0. The number of carbonyl (C=O) groups is 3. The Morgan fingerprint density at radius 3 is 2.30 bits per heavy atom. The summed E-state index contributed by atoms with van der Waals surface area (Å²) in [6.07, 6.45) is 0.841. The fourth-order valence-corrected chi connectivity index (χ4v) is 6.35. The normalized spacial score (nSPS) is 27.4. The number of amides is 1. The summed E-state index contributed by atoms with van der Waals surface area (Å²) in [6, 6.07) is 0.857. The molecule has 1 amide bonds. The number of primary amides is 1. The maximum absolute atomic E-state index is 13.9. The molecule has 0 aliphatic heterocycles. The van der Waals surface area contributed by atoms with Gasteiger partial charge in [0.05, 0.1) is 11.6 Å². The molecular formula is C27H35N3O7. The minimum atomic E-state index is -2.64. The van der Waals surface area contributed by atoms with Gasteiger partial charge < -0.3 is 31.1 Å². The van der Waals surface area contributed by atoms with Crippen molar-refractivity contribution in [2.75, 3.05) is 33.1 Å². The van der Waals surface area contributed by atoms with E-state index in [1.54, 1.807) is 14.1 Å². The lowest BCUT2D eigenvalue weighted by atomic mass is 9.58. The Morgan fingerprint density at radius 2 is 1.78 bits per heavy atom. The zero-order chi connectivity index (χ0) is 27.7. The van der Waals surface area contributed by atoms with Gasteiger partial charge in [-0.3, -0.25) is 19.3 Å². The number of hydrogen-bond acceptors (Lipinski definition) is 9. The van der Waals surface area contributed by atoms with Crippen molar-refractivity contribution in [3.63, 3.8) is 0 Å². The summed E-state index contributed by atoms with van der Waals surface area (Å²) in [7, 11) is 6.89. The van der Waals surface area contributed by atoms with Gasteiger partial charge in [-0.05, 0) is 62.4 Å². The molecule has 4 atom stereocenters. The summed E-state index contributed by atoms with van der Waals surface area (Å²) in [5, 5.41) is 45.1. The molecule has 0 saturated heterocycles. The zero-order valence-corrected chi connectivity index (χ0v) is 22.0. The lowest BCUT2D eigenvalue weighted by molar-refractivity contribution is -0.148. The third-order valence-corrected chi connectivity index (χ3v) is 7.89. The highest BCUT2D eigenvalue weighted by molar-refractivity contribution is 6.24. The summed E-state index contributed by atoms with van der Waals surface area (Å²) in [6.45, 7) is 3.98. The number of hydrogen-bond donors (Lipinski definition) is 5. The third-order valence-electron chi connectivity index (χ3n) is 7.89. The zero-order valence-electron chi connectivity index (χ0n) is 22.0. The van der Waals surface area contributed by atoms with Crippen molar-refractivity contribution in [2.24, 2.45) is 23.5 Å². The van der Waals surface area contributed by atoms with E-state index in [2.05, 4.69) is 0 Å². The highest BCUT2D eigenvalue weighted by Gasteiger charge is 2.63. The number of aliphatic hydroxyl groups excluding tert-OH is 2. The summed E-state index contributed by atoms with van der Waals surface area (Å²) < 4.78 is 0. The molecule has 0 bridgehead atoms. The molecule has 4 rings (SSSR count). The Balaban J connectivity index is 1.98. The van der Waals surface area contributed by atoms with Crippen LogP contribution in [0.15, 0.2) is 28.7 Å². The van der Waals surface area contributed by atoms with E-state index >= 15 is 0 Å². The molecule has 0 unspecified atom stereocenters. The first-order valence-corrected chi connectivity index (χ1v) is 12.3. The number of rotatable bonds is 5. The summed E-state index contributed by atoms with van der Waals surface area (Å²) in [4.78, 5) is 42.8. The van der Waals surface area contributed by atoms with Gasteiger partial charge >= 0.3 is 0 Å². The molecule has 0 radical (unpaired) electrons. The number of benzene rings is 1. The molecule has 0 saturated carbocycles.